The summed E-state index contributed by atoms with van der Waals surface area (Å²) in [6.07, 6.45) is -5.36. The summed E-state index contributed by atoms with van der Waals surface area (Å²) in [4.78, 5) is 1.70. The molecule has 2 rings (SSSR count). The number of nitrogens with zero attached hydrogens (tertiary/aromatic N) is 1. The highest BCUT2D eigenvalue weighted by atomic mass is 35.5. The fourth-order valence-corrected chi connectivity index (χ4v) is 2.68. The zero-order chi connectivity index (χ0) is 14.8. The molecule has 112 valence electrons. The van der Waals surface area contributed by atoms with Crippen LogP contribution in [0.5, 0.6) is 0 Å². The van der Waals surface area contributed by atoms with Crippen molar-refractivity contribution in [1.82, 2.24) is 10.2 Å². The normalized spacial score (nSPS) is 19.1. The van der Waals surface area contributed by atoms with E-state index in [1.54, 1.807) is 4.90 Å². The van der Waals surface area contributed by atoms with Gasteiger partial charge >= 0.3 is 6.18 Å². The monoisotopic (exact) mass is 310 g/mol. The highest BCUT2D eigenvalue weighted by molar-refractivity contribution is 6.31. The molecule has 1 aliphatic heterocycles. The molecule has 1 heterocycles. The lowest BCUT2D eigenvalue weighted by Crippen LogP contribution is -2.46. The first-order valence-electron chi connectivity index (χ1n) is 6.34. The second-order valence-electron chi connectivity index (χ2n) is 4.76. The Hall–Kier alpha value is -0.850. The zero-order valence-electron chi connectivity index (χ0n) is 10.7. The number of rotatable bonds is 3. The van der Waals surface area contributed by atoms with Gasteiger partial charge in [-0.3, -0.25) is 4.90 Å². The molecule has 2 nitrogen and oxygen atoms in total. The Labute approximate surface area is 119 Å². The van der Waals surface area contributed by atoms with Crippen LogP contribution in [0.2, 0.25) is 5.02 Å². The third-order valence-corrected chi connectivity index (χ3v) is 3.76. The van der Waals surface area contributed by atoms with Crippen LogP contribution in [0.1, 0.15) is 18.0 Å². The third-order valence-electron chi connectivity index (χ3n) is 3.36. The summed E-state index contributed by atoms with van der Waals surface area (Å²) in [6, 6.07) is 3.06. The molecule has 1 fully saturated rings. The van der Waals surface area contributed by atoms with Gasteiger partial charge in [-0.1, -0.05) is 23.7 Å². The molecule has 1 aliphatic rings. The molecule has 1 atom stereocenters. The van der Waals surface area contributed by atoms with Gasteiger partial charge in [-0.25, -0.2) is 4.39 Å². The Balaban J connectivity index is 2.32. The van der Waals surface area contributed by atoms with Crippen LogP contribution in [0.3, 0.4) is 0 Å². The smallest absolute Gasteiger partial charge is 0.314 e. The molecular formula is C13H15ClF4N2. The van der Waals surface area contributed by atoms with Crippen LogP contribution in [0.15, 0.2) is 18.2 Å². The molecule has 0 unspecified atom stereocenters. The number of hydrogen-bond acceptors (Lipinski definition) is 2. The van der Waals surface area contributed by atoms with Gasteiger partial charge < -0.3 is 5.32 Å². The van der Waals surface area contributed by atoms with Crippen molar-refractivity contribution in [2.45, 2.75) is 18.6 Å². The first kappa shape index (κ1) is 15.5. The van der Waals surface area contributed by atoms with Gasteiger partial charge in [-0.05, 0) is 11.6 Å². The SMILES string of the molecule is Fc1cccc([C@H](CC(F)(F)F)N2CCNCC2)c1Cl. The summed E-state index contributed by atoms with van der Waals surface area (Å²) in [6.45, 7) is 2.18. The van der Waals surface area contributed by atoms with Crippen LogP contribution in [-0.4, -0.2) is 37.3 Å². The Morgan fingerprint density at radius 3 is 2.50 bits per heavy atom. The van der Waals surface area contributed by atoms with Crippen molar-refractivity contribution < 1.29 is 17.6 Å². The van der Waals surface area contributed by atoms with Gasteiger partial charge in [-0.2, -0.15) is 13.2 Å². The molecule has 1 aromatic rings. The Bertz CT molecular complexity index is 458. The van der Waals surface area contributed by atoms with E-state index in [0.29, 0.717) is 26.2 Å². The second-order valence-corrected chi connectivity index (χ2v) is 5.14. The molecule has 0 spiro atoms. The zero-order valence-corrected chi connectivity index (χ0v) is 11.4. The maximum atomic E-state index is 13.5. The van der Waals surface area contributed by atoms with E-state index in [9.17, 15) is 17.6 Å². The van der Waals surface area contributed by atoms with Gasteiger partial charge in [0.1, 0.15) is 5.82 Å². The molecule has 1 N–H and O–H groups in total. The van der Waals surface area contributed by atoms with Gasteiger partial charge in [-0.15, -0.1) is 0 Å². The van der Waals surface area contributed by atoms with E-state index >= 15 is 0 Å². The van der Waals surface area contributed by atoms with Crippen LogP contribution in [0.4, 0.5) is 17.6 Å². The van der Waals surface area contributed by atoms with Gasteiger partial charge in [0.15, 0.2) is 0 Å². The number of benzene rings is 1. The maximum Gasteiger partial charge on any atom is 0.390 e. The molecule has 0 aromatic heterocycles. The first-order chi connectivity index (χ1) is 9.38. The van der Waals surface area contributed by atoms with E-state index in [1.165, 1.54) is 12.1 Å². The van der Waals surface area contributed by atoms with Gasteiger partial charge in [0.05, 0.1) is 11.4 Å². The number of halogens is 5. The van der Waals surface area contributed by atoms with E-state index in [0.717, 1.165) is 6.07 Å². The lowest BCUT2D eigenvalue weighted by atomic mass is 10.0. The quantitative estimate of drug-likeness (QED) is 0.861. The van der Waals surface area contributed by atoms with Crippen molar-refractivity contribution in [2.75, 3.05) is 26.2 Å². The number of alkyl halides is 3. The Morgan fingerprint density at radius 2 is 1.90 bits per heavy atom. The van der Waals surface area contributed by atoms with Crippen molar-refractivity contribution in [2.24, 2.45) is 0 Å². The molecule has 0 amide bonds. The fraction of sp³-hybridized carbons (Fsp3) is 0.538. The third kappa shape index (κ3) is 3.84. The van der Waals surface area contributed by atoms with Crippen molar-refractivity contribution >= 4 is 11.6 Å². The molecular weight excluding hydrogens is 296 g/mol. The molecule has 1 saturated heterocycles. The largest absolute Gasteiger partial charge is 0.390 e. The van der Waals surface area contributed by atoms with Crippen LogP contribution in [0, 0.1) is 5.82 Å². The average molecular weight is 311 g/mol. The van der Waals surface area contributed by atoms with Crippen LogP contribution in [-0.2, 0) is 0 Å². The molecule has 0 bridgehead atoms. The molecule has 20 heavy (non-hydrogen) atoms. The number of piperazine rings is 1. The molecule has 0 saturated carbocycles. The molecule has 0 aliphatic carbocycles. The summed E-state index contributed by atoms with van der Waals surface area (Å²) in [5.74, 6) is -0.688. The molecule has 7 heteroatoms. The van der Waals surface area contributed by atoms with E-state index in [1.807, 2.05) is 0 Å². The van der Waals surface area contributed by atoms with Crippen LogP contribution >= 0.6 is 11.6 Å². The van der Waals surface area contributed by atoms with Crippen molar-refractivity contribution in [1.29, 1.82) is 0 Å². The summed E-state index contributed by atoms with van der Waals surface area (Å²) in [5.41, 5.74) is 0.200. The fourth-order valence-electron chi connectivity index (χ4n) is 2.43. The average Bonchev–Trinajstić information content (AvgIpc) is 2.40. The maximum absolute atomic E-state index is 13.5. The standard InChI is InChI=1S/C13H15ClF4N2/c14-12-9(2-1-3-10(12)15)11(8-13(16,17)18)20-6-4-19-5-7-20/h1-3,11,19H,4-8H2/t11-/m0/s1. The summed E-state index contributed by atoms with van der Waals surface area (Å²) in [5, 5.41) is 2.86. The number of nitrogens with one attached hydrogen (secondary N) is 1. The summed E-state index contributed by atoms with van der Waals surface area (Å²) < 4.78 is 51.9. The summed E-state index contributed by atoms with van der Waals surface area (Å²) >= 11 is 5.85. The predicted octanol–water partition coefficient (Wildman–Crippen LogP) is 3.38. The van der Waals surface area contributed by atoms with Gasteiger partial charge in [0, 0.05) is 32.2 Å². The lowest BCUT2D eigenvalue weighted by Gasteiger charge is -2.36. The predicted molar refractivity (Wildman–Crippen MR) is 69.3 cm³/mol. The van der Waals surface area contributed by atoms with Crippen molar-refractivity contribution in [3.63, 3.8) is 0 Å². The van der Waals surface area contributed by atoms with E-state index in [2.05, 4.69) is 5.32 Å². The Morgan fingerprint density at radius 1 is 1.25 bits per heavy atom. The number of hydrogen-bond donors (Lipinski definition) is 1. The topological polar surface area (TPSA) is 15.3 Å². The highest BCUT2D eigenvalue weighted by Gasteiger charge is 2.37. The van der Waals surface area contributed by atoms with E-state index in [4.69, 9.17) is 11.6 Å². The van der Waals surface area contributed by atoms with E-state index in [-0.39, 0.29) is 10.6 Å². The summed E-state index contributed by atoms with van der Waals surface area (Å²) in [7, 11) is 0. The molecule has 0 radical (unpaired) electrons. The van der Waals surface area contributed by atoms with Gasteiger partial charge in [0.2, 0.25) is 0 Å². The Kier molecular flexibility index (Phi) is 4.88. The molecule has 1 aromatic carbocycles. The van der Waals surface area contributed by atoms with Crippen LogP contribution in [0.25, 0.3) is 0 Å². The van der Waals surface area contributed by atoms with Crippen molar-refractivity contribution in [3.05, 3.63) is 34.6 Å². The van der Waals surface area contributed by atoms with E-state index < -0.39 is 24.5 Å². The lowest BCUT2D eigenvalue weighted by molar-refractivity contribution is -0.148. The second kappa shape index (κ2) is 6.28. The minimum atomic E-state index is -4.33. The first-order valence-corrected chi connectivity index (χ1v) is 6.72. The minimum absolute atomic E-state index is 0.200. The van der Waals surface area contributed by atoms with Gasteiger partial charge in [0.25, 0.3) is 0 Å². The minimum Gasteiger partial charge on any atom is -0.314 e. The van der Waals surface area contributed by atoms with Crippen molar-refractivity contribution in [3.8, 4) is 0 Å². The van der Waals surface area contributed by atoms with Crippen LogP contribution < -0.4 is 5.32 Å². The highest BCUT2D eigenvalue weighted by Crippen LogP contribution is 2.37.